The van der Waals surface area contributed by atoms with E-state index in [9.17, 15) is 9.59 Å². The molecule has 0 saturated carbocycles. The van der Waals surface area contributed by atoms with E-state index in [4.69, 9.17) is 4.74 Å². The molecule has 2 aromatic rings. The van der Waals surface area contributed by atoms with E-state index in [1.54, 1.807) is 4.90 Å². The smallest absolute Gasteiger partial charge is 0.267 e. The van der Waals surface area contributed by atoms with Gasteiger partial charge < -0.3 is 14.7 Å². The predicted molar refractivity (Wildman–Crippen MR) is 72.5 cm³/mol. The first-order valence-corrected chi connectivity index (χ1v) is 6.48. The van der Waals surface area contributed by atoms with Gasteiger partial charge in [0, 0.05) is 12.1 Å². The molecule has 0 aliphatic carbocycles. The van der Waals surface area contributed by atoms with Crippen molar-refractivity contribution in [2.45, 2.75) is 13.0 Å². The Morgan fingerprint density at radius 1 is 1.25 bits per heavy atom. The quantitative estimate of drug-likeness (QED) is 0.862. The van der Waals surface area contributed by atoms with Gasteiger partial charge in [-0.25, -0.2) is 0 Å². The summed E-state index contributed by atoms with van der Waals surface area (Å²) >= 11 is 0. The van der Waals surface area contributed by atoms with Gasteiger partial charge in [0.05, 0.1) is 12.2 Å². The number of para-hydroxylation sites is 1. The van der Waals surface area contributed by atoms with Crippen molar-refractivity contribution < 1.29 is 9.53 Å². The molecule has 0 saturated heterocycles. The second kappa shape index (κ2) is 5.24. The van der Waals surface area contributed by atoms with Crippen molar-refractivity contribution >= 4 is 5.91 Å². The molecule has 6 nitrogen and oxygen atoms in total. The summed E-state index contributed by atoms with van der Waals surface area (Å²) < 4.78 is 5.44. The monoisotopic (exact) mass is 273 g/mol. The van der Waals surface area contributed by atoms with Gasteiger partial charge in [0.15, 0.2) is 6.61 Å². The maximum absolute atomic E-state index is 12.1. The van der Waals surface area contributed by atoms with E-state index < -0.39 is 0 Å². The molecule has 1 aliphatic rings. The first-order chi connectivity index (χ1) is 9.74. The zero-order valence-corrected chi connectivity index (χ0v) is 10.9. The number of hydrogen-bond donors (Lipinski definition) is 2. The van der Waals surface area contributed by atoms with Crippen LogP contribution in [0.4, 0.5) is 0 Å². The standard InChI is InChI=1S/C14H15N3O3/c18-13(9-20-10-4-2-1-3-5-10)17-7-6-11-12(8-17)15-16-14(11)19/h1-5H,6-9H2,(H2,15,16,19). The van der Waals surface area contributed by atoms with E-state index in [1.807, 2.05) is 30.3 Å². The number of ether oxygens (including phenoxy) is 1. The van der Waals surface area contributed by atoms with Crippen LogP contribution in [0.25, 0.3) is 0 Å². The normalized spacial score (nSPS) is 13.9. The van der Waals surface area contributed by atoms with E-state index in [-0.39, 0.29) is 18.1 Å². The first-order valence-electron chi connectivity index (χ1n) is 6.48. The fourth-order valence-corrected chi connectivity index (χ4v) is 2.30. The molecule has 2 heterocycles. The molecule has 2 N–H and O–H groups in total. The number of aromatic nitrogens is 2. The van der Waals surface area contributed by atoms with Gasteiger partial charge in [-0.05, 0) is 18.6 Å². The van der Waals surface area contributed by atoms with Gasteiger partial charge in [-0.2, -0.15) is 0 Å². The van der Waals surface area contributed by atoms with Crippen molar-refractivity contribution in [1.82, 2.24) is 15.1 Å². The summed E-state index contributed by atoms with van der Waals surface area (Å²) in [7, 11) is 0. The highest BCUT2D eigenvalue weighted by atomic mass is 16.5. The van der Waals surface area contributed by atoms with Gasteiger partial charge in [-0.15, -0.1) is 0 Å². The second-order valence-corrected chi connectivity index (χ2v) is 4.70. The highest BCUT2D eigenvalue weighted by Gasteiger charge is 2.23. The van der Waals surface area contributed by atoms with E-state index in [1.165, 1.54) is 0 Å². The van der Waals surface area contributed by atoms with Crippen molar-refractivity contribution in [3.05, 3.63) is 51.9 Å². The van der Waals surface area contributed by atoms with Crippen molar-refractivity contribution in [2.75, 3.05) is 13.2 Å². The summed E-state index contributed by atoms with van der Waals surface area (Å²) in [5, 5.41) is 5.36. The van der Waals surface area contributed by atoms with E-state index in [0.717, 1.165) is 11.3 Å². The lowest BCUT2D eigenvalue weighted by atomic mass is 10.1. The third kappa shape index (κ3) is 2.45. The molecule has 20 heavy (non-hydrogen) atoms. The molecule has 1 amide bonds. The number of carbonyl (C=O) groups excluding carboxylic acids is 1. The van der Waals surface area contributed by atoms with Crippen LogP contribution < -0.4 is 10.3 Å². The topological polar surface area (TPSA) is 78.2 Å². The average molecular weight is 273 g/mol. The van der Waals surface area contributed by atoms with Crippen LogP contribution in [0.3, 0.4) is 0 Å². The summed E-state index contributed by atoms with van der Waals surface area (Å²) in [5.74, 6) is 0.593. The molecule has 6 heteroatoms. The molecule has 0 unspecified atom stereocenters. The van der Waals surface area contributed by atoms with Crippen LogP contribution in [-0.4, -0.2) is 34.2 Å². The minimum absolute atomic E-state index is 0.00794. The molecule has 1 aromatic heterocycles. The highest BCUT2D eigenvalue weighted by Crippen LogP contribution is 2.14. The molecule has 0 spiro atoms. The molecule has 0 atom stereocenters. The van der Waals surface area contributed by atoms with Gasteiger partial charge >= 0.3 is 0 Å². The molecule has 1 aliphatic heterocycles. The number of amides is 1. The number of hydrogen-bond acceptors (Lipinski definition) is 3. The van der Waals surface area contributed by atoms with E-state index in [0.29, 0.717) is 25.3 Å². The third-order valence-electron chi connectivity index (χ3n) is 3.40. The second-order valence-electron chi connectivity index (χ2n) is 4.70. The molecular formula is C14H15N3O3. The van der Waals surface area contributed by atoms with Crippen molar-refractivity contribution in [2.24, 2.45) is 0 Å². The lowest BCUT2D eigenvalue weighted by molar-refractivity contribution is -0.134. The summed E-state index contributed by atoms with van der Waals surface area (Å²) in [6.07, 6.45) is 0.575. The van der Waals surface area contributed by atoms with Crippen LogP contribution in [0.15, 0.2) is 35.1 Å². The molecule has 104 valence electrons. The zero-order valence-electron chi connectivity index (χ0n) is 10.9. The Hall–Kier alpha value is -2.50. The molecule has 0 radical (unpaired) electrons. The first kappa shape index (κ1) is 12.5. The summed E-state index contributed by atoms with van der Waals surface area (Å²) in [6, 6.07) is 9.23. The van der Waals surface area contributed by atoms with Crippen LogP contribution >= 0.6 is 0 Å². The Balaban J connectivity index is 1.60. The van der Waals surface area contributed by atoms with Crippen molar-refractivity contribution in [1.29, 1.82) is 0 Å². The SMILES string of the molecule is O=C(COc1ccccc1)N1CCc2c([nH][nH]c2=O)C1. The minimum atomic E-state index is -0.0902. The number of nitrogens with one attached hydrogen (secondary N) is 2. The molecule has 1 aromatic carbocycles. The zero-order chi connectivity index (χ0) is 13.9. The van der Waals surface area contributed by atoms with Crippen LogP contribution in [0.5, 0.6) is 5.75 Å². The van der Waals surface area contributed by atoms with Gasteiger partial charge in [0.25, 0.3) is 11.5 Å². The third-order valence-corrected chi connectivity index (χ3v) is 3.40. The minimum Gasteiger partial charge on any atom is -0.484 e. The number of rotatable bonds is 3. The molecule has 0 bridgehead atoms. The number of aromatic amines is 2. The van der Waals surface area contributed by atoms with E-state index >= 15 is 0 Å². The Kier molecular flexibility index (Phi) is 3.28. The summed E-state index contributed by atoms with van der Waals surface area (Å²) in [6.45, 7) is 0.976. The summed E-state index contributed by atoms with van der Waals surface area (Å²) in [4.78, 5) is 25.2. The lowest BCUT2D eigenvalue weighted by Crippen LogP contribution is -2.39. The van der Waals surface area contributed by atoms with E-state index in [2.05, 4.69) is 10.2 Å². The lowest BCUT2D eigenvalue weighted by Gasteiger charge is -2.26. The maximum atomic E-state index is 12.1. The molecule has 3 rings (SSSR count). The Bertz CT molecular complexity index is 660. The average Bonchev–Trinajstić information content (AvgIpc) is 2.87. The number of H-pyrrole nitrogens is 2. The van der Waals surface area contributed by atoms with Crippen molar-refractivity contribution in [3.8, 4) is 5.75 Å². The fourth-order valence-electron chi connectivity index (χ4n) is 2.30. The van der Waals surface area contributed by atoms with Gasteiger partial charge in [0.1, 0.15) is 5.75 Å². The fraction of sp³-hybridized carbons (Fsp3) is 0.286. The van der Waals surface area contributed by atoms with Crippen LogP contribution in [0.2, 0.25) is 0 Å². The highest BCUT2D eigenvalue weighted by molar-refractivity contribution is 5.78. The Labute approximate surface area is 115 Å². The van der Waals surface area contributed by atoms with Crippen LogP contribution in [0.1, 0.15) is 11.3 Å². The number of nitrogens with zero attached hydrogens (tertiary/aromatic N) is 1. The van der Waals surface area contributed by atoms with Crippen LogP contribution in [0, 0.1) is 0 Å². The predicted octanol–water partition coefficient (Wildman–Crippen LogP) is 0.667. The van der Waals surface area contributed by atoms with Gasteiger partial charge in [-0.1, -0.05) is 18.2 Å². The van der Waals surface area contributed by atoms with Crippen molar-refractivity contribution in [3.63, 3.8) is 0 Å². The van der Waals surface area contributed by atoms with Gasteiger partial charge in [-0.3, -0.25) is 14.7 Å². The summed E-state index contributed by atoms with van der Waals surface area (Å²) in [5.41, 5.74) is 1.44. The number of benzene rings is 1. The number of carbonyl (C=O) groups is 1. The molecular weight excluding hydrogens is 258 g/mol. The van der Waals surface area contributed by atoms with Crippen LogP contribution in [-0.2, 0) is 17.8 Å². The van der Waals surface area contributed by atoms with Gasteiger partial charge in [0.2, 0.25) is 0 Å². The number of fused-ring (bicyclic) bond motifs is 1. The molecule has 0 fully saturated rings. The largest absolute Gasteiger partial charge is 0.484 e. The maximum Gasteiger partial charge on any atom is 0.267 e. The Morgan fingerprint density at radius 3 is 2.85 bits per heavy atom. The Morgan fingerprint density at radius 2 is 2.05 bits per heavy atom.